The predicted molar refractivity (Wildman–Crippen MR) is 83.1 cm³/mol. The van der Waals surface area contributed by atoms with Crippen LogP contribution in [0.25, 0.3) is 0 Å². The number of carbonyl (C=O) groups excluding carboxylic acids is 1. The molecule has 24 heavy (non-hydrogen) atoms. The molecular weight excluding hydrogens is 318 g/mol. The second-order valence-corrected chi connectivity index (χ2v) is 5.16. The zero-order chi connectivity index (χ0) is 17.1. The van der Waals surface area contributed by atoms with Crippen molar-refractivity contribution in [3.8, 4) is 11.5 Å². The van der Waals surface area contributed by atoms with Gasteiger partial charge in [-0.1, -0.05) is 12.1 Å². The summed E-state index contributed by atoms with van der Waals surface area (Å²) in [6.07, 6.45) is -0.881. The van der Waals surface area contributed by atoms with Gasteiger partial charge in [-0.15, -0.1) is 0 Å². The first-order valence-electron chi connectivity index (χ1n) is 7.22. The molecule has 0 fully saturated rings. The molecule has 7 heteroatoms. The van der Waals surface area contributed by atoms with Gasteiger partial charge in [0.1, 0.15) is 18.2 Å². The Labute approximate surface area is 136 Å². The van der Waals surface area contributed by atoms with Crippen LogP contribution in [-0.4, -0.2) is 24.3 Å². The van der Waals surface area contributed by atoms with Gasteiger partial charge in [0.2, 0.25) is 6.10 Å². The van der Waals surface area contributed by atoms with E-state index in [0.29, 0.717) is 11.5 Å². The van der Waals surface area contributed by atoms with Crippen LogP contribution in [0.3, 0.4) is 0 Å². The molecule has 1 aliphatic heterocycles. The smallest absolute Gasteiger partial charge is 0.284 e. The van der Waals surface area contributed by atoms with Crippen LogP contribution in [-0.2, 0) is 4.79 Å². The van der Waals surface area contributed by atoms with Crippen molar-refractivity contribution in [2.75, 3.05) is 6.61 Å². The van der Waals surface area contributed by atoms with Crippen LogP contribution in [0.1, 0.15) is 12.5 Å². The van der Waals surface area contributed by atoms with Gasteiger partial charge >= 0.3 is 0 Å². The van der Waals surface area contributed by atoms with E-state index in [-0.39, 0.29) is 17.9 Å². The standard InChI is InChI=1S/C17H14F2N2O3/c1-10(12-8-11(18)6-7-13(12)19)20-21-17(22)16-9-23-14-4-2-3-5-15(14)24-16/h2-8,16H,9H2,1H3,(H,21,22)/b20-10-/t16-/m0/s1. The van der Waals surface area contributed by atoms with E-state index >= 15 is 0 Å². The summed E-state index contributed by atoms with van der Waals surface area (Å²) in [5, 5.41) is 3.80. The molecule has 1 heterocycles. The Hall–Kier alpha value is -2.96. The van der Waals surface area contributed by atoms with Gasteiger partial charge < -0.3 is 9.47 Å². The molecule has 0 spiro atoms. The minimum Gasteiger partial charge on any atom is -0.485 e. The summed E-state index contributed by atoms with van der Waals surface area (Å²) in [4.78, 5) is 12.1. The number of rotatable bonds is 3. The van der Waals surface area contributed by atoms with Crippen molar-refractivity contribution in [1.82, 2.24) is 5.43 Å². The third kappa shape index (κ3) is 3.34. The first-order valence-corrected chi connectivity index (χ1v) is 7.22. The monoisotopic (exact) mass is 332 g/mol. The maximum atomic E-state index is 13.7. The maximum absolute atomic E-state index is 13.7. The molecule has 0 bridgehead atoms. The van der Waals surface area contributed by atoms with E-state index in [2.05, 4.69) is 10.5 Å². The lowest BCUT2D eigenvalue weighted by Crippen LogP contribution is -2.42. The first kappa shape index (κ1) is 15.9. The van der Waals surface area contributed by atoms with Crippen LogP contribution < -0.4 is 14.9 Å². The van der Waals surface area contributed by atoms with E-state index in [1.807, 2.05) is 0 Å². The van der Waals surface area contributed by atoms with Crippen LogP contribution in [0.15, 0.2) is 47.6 Å². The zero-order valence-electron chi connectivity index (χ0n) is 12.8. The fraction of sp³-hybridized carbons (Fsp3) is 0.176. The van der Waals surface area contributed by atoms with Crippen molar-refractivity contribution in [3.63, 3.8) is 0 Å². The summed E-state index contributed by atoms with van der Waals surface area (Å²) in [6, 6.07) is 10.00. The number of halogens is 2. The highest BCUT2D eigenvalue weighted by Gasteiger charge is 2.27. The molecule has 1 aliphatic rings. The lowest BCUT2D eigenvalue weighted by Gasteiger charge is -2.24. The minimum atomic E-state index is -0.881. The van der Waals surface area contributed by atoms with Gasteiger partial charge in [-0.3, -0.25) is 4.79 Å². The van der Waals surface area contributed by atoms with Gasteiger partial charge in [0, 0.05) is 5.56 Å². The van der Waals surface area contributed by atoms with E-state index in [9.17, 15) is 13.6 Å². The molecule has 3 rings (SSSR count). The summed E-state index contributed by atoms with van der Waals surface area (Å²) >= 11 is 0. The third-order valence-corrected chi connectivity index (χ3v) is 3.45. The van der Waals surface area contributed by atoms with E-state index in [4.69, 9.17) is 9.47 Å². The minimum absolute atomic E-state index is 0.0264. The predicted octanol–water partition coefficient (Wildman–Crippen LogP) is 2.65. The van der Waals surface area contributed by atoms with Crippen molar-refractivity contribution in [1.29, 1.82) is 0 Å². The van der Waals surface area contributed by atoms with Gasteiger partial charge in [-0.2, -0.15) is 5.10 Å². The molecule has 1 amide bonds. The Morgan fingerprint density at radius 2 is 1.96 bits per heavy atom. The van der Waals surface area contributed by atoms with Gasteiger partial charge in [-0.05, 0) is 37.3 Å². The van der Waals surface area contributed by atoms with Gasteiger partial charge in [-0.25, -0.2) is 14.2 Å². The van der Waals surface area contributed by atoms with E-state index in [1.54, 1.807) is 24.3 Å². The lowest BCUT2D eigenvalue weighted by atomic mass is 10.1. The Morgan fingerprint density at radius 3 is 2.75 bits per heavy atom. The summed E-state index contributed by atoms with van der Waals surface area (Å²) in [7, 11) is 0. The summed E-state index contributed by atoms with van der Waals surface area (Å²) in [6.45, 7) is 1.50. The molecule has 0 saturated heterocycles. The molecule has 1 N–H and O–H groups in total. The Bertz CT molecular complexity index is 808. The van der Waals surface area contributed by atoms with Crippen molar-refractivity contribution < 1.29 is 23.0 Å². The largest absolute Gasteiger partial charge is 0.485 e. The number of amides is 1. The van der Waals surface area contributed by atoms with Crippen LogP contribution in [0.5, 0.6) is 11.5 Å². The summed E-state index contributed by atoms with van der Waals surface area (Å²) in [5.74, 6) is -0.740. The molecule has 0 unspecified atom stereocenters. The quantitative estimate of drug-likeness (QED) is 0.694. The molecule has 0 aliphatic carbocycles. The number of para-hydroxylation sites is 2. The molecule has 0 saturated carbocycles. The molecule has 0 aromatic heterocycles. The van der Waals surface area contributed by atoms with Crippen molar-refractivity contribution in [2.24, 2.45) is 5.10 Å². The van der Waals surface area contributed by atoms with E-state index in [1.165, 1.54) is 6.92 Å². The number of nitrogens with one attached hydrogen (secondary N) is 1. The Kier molecular flexibility index (Phi) is 4.41. The molecule has 2 aromatic rings. The Balaban J connectivity index is 1.68. The fourth-order valence-corrected chi connectivity index (χ4v) is 2.19. The van der Waals surface area contributed by atoms with Crippen molar-refractivity contribution >= 4 is 11.6 Å². The van der Waals surface area contributed by atoms with Crippen LogP contribution in [0, 0.1) is 11.6 Å². The highest BCUT2D eigenvalue weighted by molar-refractivity contribution is 5.99. The van der Waals surface area contributed by atoms with E-state index in [0.717, 1.165) is 18.2 Å². The maximum Gasteiger partial charge on any atom is 0.284 e. The molecule has 5 nitrogen and oxygen atoms in total. The van der Waals surface area contributed by atoms with Gasteiger partial charge in [0.05, 0.1) is 5.71 Å². The summed E-state index contributed by atoms with van der Waals surface area (Å²) in [5.41, 5.74) is 2.39. The lowest BCUT2D eigenvalue weighted by molar-refractivity contribution is -0.130. The average Bonchev–Trinajstić information content (AvgIpc) is 2.61. The number of hydrogen-bond donors (Lipinski definition) is 1. The fourth-order valence-electron chi connectivity index (χ4n) is 2.19. The van der Waals surface area contributed by atoms with Crippen LogP contribution in [0.4, 0.5) is 8.78 Å². The Morgan fingerprint density at radius 1 is 1.21 bits per heavy atom. The molecule has 1 atom stereocenters. The zero-order valence-corrected chi connectivity index (χ0v) is 12.8. The topological polar surface area (TPSA) is 59.9 Å². The van der Waals surface area contributed by atoms with Gasteiger partial charge in [0.25, 0.3) is 5.91 Å². The third-order valence-electron chi connectivity index (χ3n) is 3.45. The van der Waals surface area contributed by atoms with Crippen molar-refractivity contribution in [2.45, 2.75) is 13.0 Å². The van der Waals surface area contributed by atoms with Crippen molar-refractivity contribution in [3.05, 3.63) is 59.7 Å². The molecule has 124 valence electrons. The normalized spacial score (nSPS) is 16.6. The van der Waals surface area contributed by atoms with Gasteiger partial charge in [0.15, 0.2) is 11.5 Å². The van der Waals surface area contributed by atoms with Crippen LogP contribution in [0.2, 0.25) is 0 Å². The number of hydrogen-bond acceptors (Lipinski definition) is 4. The summed E-state index contributed by atoms with van der Waals surface area (Å²) < 4.78 is 37.8. The number of carbonyl (C=O) groups is 1. The highest BCUT2D eigenvalue weighted by Crippen LogP contribution is 2.30. The number of nitrogens with zero attached hydrogens (tertiary/aromatic N) is 1. The second kappa shape index (κ2) is 6.66. The highest BCUT2D eigenvalue weighted by atomic mass is 19.1. The second-order valence-electron chi connectivity index (χ2n) is 5.16. The number of fused-ring (bicyclic) bond motifs is 1. The first-order chi connectivity index (χ1) is 11.5. The molecule has 0 radical (unpaired) electrons. The van der Waals surface area contributed by atoms with E-state index < -0.39 is 23.6 Å². The number of benzene rings is 2. The molecule has 2 aromatic carbocycles. The average molecular weight is 332 g/mol. The number of hydrazone groups is 1. The molecular formula is C17H14F2N2O3. The van der Waals surface area contributed by atoms with Crippen LogP contribution >= 0.6 is 0 Å². The SMILES string of the molecule is C/C(=N/NC(=O)[C@@H]1COc2ccccc2O1)c1cc(F)ccc1F. The number of ether oxygens (including phenoxy) is 2.